The molecule has 1 aromatic rings. The second kappa shape index (κ2) is 4.44. The van der Waals surface area contributed by atoms with Crippen molar-refractivity contribution in [3.63, 3.8) is 0 Å². The third-order valence-corrected chi connectivity index (χ3v) is 3.03. The van der Waals surface area contributed by atoms with Crippen LogP contribution in [0, 0.1) is 5.92 Å². The minimum absolute atomic E-state index is 0.262. The minimum atomic E-state index is -1.17. The van der Waals surface area contributed by atoms with Crippen molar-refractivity contribution >= 4 is 11.9 Å². The fourth-order valence-corrected chi connectivity index (χ4v) is 2.09. The molecule has 0 saturated carbocycles. The van der Waals surface area contributed by atoms with Crippen molar-refractivity contribution in [1.29, 1.82) is 0 Å². The number of esters is 2. The molecule has 1 saturated heterocycles. The topological polar surface area (TPSA) is 52.6 Å². The molecular weight excluding hydrogens is 232 g/mol. The normalized spacial score (nSPS) is 21.1. The summed E-state index contributed by atoms with van der Waals surface area (Å²) in [6.07, 6.45) is 0. The molecule has 1 aliphatic heterocycles. The first-order valence-corrected chi connectivity index (χ1v) is 5.91. The Balaban J connectivity index is 2.24. The van der Waals surface area contributed by atoms with Crippen LogP contribution in [0.25, 0.3) is 0 Å². The largest absolute Gasteiger partial charge is 0.422 e. The van der Waals surface area contributed by atoms with Crippen molar-refractivity contribution < 1.29 is 19.1 Å². The van der Waals surface area contributed by atoms with Gasteiger partial charge in [0.05, 0.1) is 0 Å². The molecule has 0 amide bonds. The summed E-state index contributed by atoms with van der Waals surface area (Å²) >= 11 is 0. The summed E-state index contributed by atoms with van der Waals surface area (Å²) in [5.74, 6) is -3.36. The Morgan fingerprint density at radius 2 is 1.56 bits per heavy atom. The summed E-state index contributed by atoms with van der Waals surface area (Å²) < 4.78 is 10.2. The van der Waals surface area contributed by atoms with Gasteiger partial charge in [-0.2, -0.15) is 0 Å². The van der Waals surface area contributed by atoms with Crippen molar-refractivity contribution in [2.24, 2.45) is 5.92 Å². The first-order valence-electron chi connectivity index (χ1n) is 5.91. The van der Waals surface area contributed by atoms with Gasteiger partial charge in [-0.3, -0.25) is 9.59 Å². The zero-order valence-electron chi connectivity index (χ0n) is 10.7. The smallest absolute Gasteiger partial charge is 0.324 e. The highest BCUT2D eigenvalue weighted by atomic mass is 16.7. The Hall–Kier alpha value is -1.84. The van der Waals surface area contributed by atoms with Crippen LogP contribution in [-0.2, 0) is 19.1 Å². The van der Waals surface area contributed by atoms with Crippen LogP contribution in [0.1, 0.15) is 32.3 Å². The molecule has 1 aliphatic rings. The predicted molar refractivity (Wildman–Crippen MR) is 64.6 cm³/mol. The number of ether oxygens (including phenoxy) is 2. The van der Waals surface area contributed by atoms with Crippen LogP contribution in [0.2, 0.25) is 0 Å². The van der Waals surface area contributed by atoms with Crippen molar-refractivity contribution in [2.45, 2.75) is 32.5 Å². The van der Waals surface area contributed by atoms with Crippen molar-refractivity contribution in [1.82, 2.24) is 0 Å². The lowest BCUT2D eigenvalue weighted by Crippen LogP contribution is -2.47. The third-order valence-electron chi connectivity index (χ3n) is 3.03. The second-order valence-electron chi connectivity index (χ2n) is 4.92. The highest BCUT2D eigenvalue weighted by Crippen LogP contribution is 2.32. The van der Waals surface area contributed by atoms with Crippen LogP contribution in [0.5, 0.6) is 0 Å². The maximum Gasteiger partial charge on any atom is 0.324 e. The Morgan fingerprint density at radius 1 is 1.06 bits per heavy atom. The quantitative estimate of drug-likeness (QED) is 0.595. The van der Waals surface area contributed by atoms with E-state index in [9.17, 15) is 9.59 Å². The van der Waals surface area contributed by atoms with Gasteiger partial charge in [0.25, 0.3) is 5.79 Å². The Bertz CT molecular complexity index is 444. The lowest BCUT2D eigenvalue weighted by atomic mass is 9.87. The predicted octanol–water partition coefficient (Wildman–Crippen LogP) is 2.24. The monoisotopic (exact) mass is 248 g/mol. The van der Waals surface area contributed by atoms with Gasteiger partial charge in [0.2, 0.25) is 0 Å². The fourth-order valence-electron chi connectivity index (χ4n) is 2.09. The van der Waals surface area contributed by atoms with E-state index in [0.717, 1.165) is 5.56 Å². The van der Waals surface area contributed by atoms with Crippen LogP contribution in [0.3, 0.4) is 0 Å². The molecule has 18 heavy (non-hydrogen) atoms. The average Bonchev–Trinajstić information content (AvgIpc) is 2.27. The maximum absolute atomic E-state index is 11.9. The van der Waals surface area contributed by atoms with E-state index >= 15 is 0 Å². The van der Waals surface area contributed by atoms with Crippen LogP contribution in [0.4, 0.5) is 0 Å². The first kappa shape index (κ1) is 12.6. The lowest BCUT2D eigenvalue weighted by molar-refractivity contribution is -0.240. The van der Waals surface area contributed by atoms with Gasteiger partial charge in [-0.05, 0) is 5.56 Å². The summed E-state index contributed by atoms with van der Waals surface area (Å²) in [4.78, 5) is 23.8. The molecule has 1 atom stereocenters. The van der Waals surface area contributed by atoms with E-state index in [2.05, 4.69) is 0 Å². The third kappa shape index (κ3) is 2.37. The Labute approximate surface area is 106 Å². The lowest BCUT2D eigenvalue weighted by Gasteiger charge is -2.35. The number of rotatable bonds is 2. The van der Waals surface area contributed by atoms with E-state index in [4.69, 9.17) is 9.47 Å². The molecule has 1 unspecified atom stereocenters. The standard InChI is InChI=1S/C14H16O4/c1-9(10-7-5-4-6-8-10)11-12(15)17-14(2,3)18-13(11)16/h4-9,11H,1-3H3. The fraction of sp³-hybridized carbons (Fsp3) is 0.429. The first-order chi connectivity index (χ1) is 8.41. The van der Waals surface area contributed by atoms with Gasteiger partial charge < -0.3 is 9.47 Å². The summed E-state index contributed by atoms with van der Waals surface area (Å²) in [6, 6.07) is 9.39. The SMILES string of the molecule is CC(c1ccccc1)C1C(=O)OC(C)(C)OC1=O. The molecule has 0 N–H and O–H groups in total. The Morgan fingerprint density at radius 3 is 2.06 bits per heavy atom. The minimum Gasteiger partial charge on any atom is -0.422 e. The molecule has 1 heterocycles. The van der Waals surface area contributed by atoms with Crippen LogP contribution in [0.15, 0.2) is 30.3 Å². The van der Waals surface area contributed by atoms with Crippen LogP contribution in [-0.4, -0.2) is 17.7 Å². The number of carbonyl (C=O) groups is 2. The molecule has 4 nitrogen and oxygen atoms in total. The number of carbonyl (C=O) groups excluding carboxylic acids is 2. The Kier molecular flexibility index (Phi) is 3.11. The van der Waals surface area contributed by atoms with Crippen molar-refractivity contribution in [3.05, 3.63) is 35.9 Å². The highest BCUT2D eigenvalue weighted by Gasteiger charge is 2.46. The van der Waals surface area contributed by atoms with Gasteiger partial charge in [0, 0.05) is 19.8 Å². The molecule has 0 aromatic heterocycles. The molecular formula is C14H16O4. The molecule has 0 bridgehead atoms. The molecule has 96 valence electrons. The van der Waals surface area contributed by atoms with E-state index in [1.165, 1.54) is 0 Å². The summed E-state index contributed by atoms with van der Waals surface area (Å²) in [6.45, 7) is 4.92. The molecule has 1 aromatic carbocycles. The molecule has 0 spiro atoms. The van der Waals surface area contributed by atoms with E-state index in [1.54, 1.807) is 13.8 Å². The summed E-state index contributed by atoms with van der Waals surface area (Å²) in [5, 5.41) is 0. The number of cyclic esters (lactones) is 2. The van der Waals surface area contributed by atoms with Gasteiger partial charge in [0.15, 0.2) is 5.92 Å². The number of hydrogen-bond donors (Lipinski definition) is 0. The highest BCUT2D eigenvalue weighted by molar-refractivity contribution is 5.97. The molecule has 2 rings (SSSR count). The average molecular weight is 248 g/mol. The molecule has 0 radical (unpaired) electrons. The van der Waals surface area contributed by atoms with E-state index < -0.39 is 23.6 Å². The molecule has 4 heteroatoms. The van der Waals surface area contributed by atoms with Gasteiger partial charge >= 0.3 is 11.9 Å². The van der Waals surface area contributed by atoms with E-state index in [-0.39, 0.29) is 5.92 Å². The van der Waals surface area contributed by atoms with Gasteiger partial charge in [-0.1, -0.05) is 37.3 Å². The van der Waals surface area contributed by atoms with Crippen LogP contribution < -0.4 is 0 Å². The van der Waals surface area contributed by atoms with Crippen LogP contribution >= 0.6 is 0 Å². The summed E-state index contributed by atoms with van der Waals surface area (Å²) in [7, 11) is 0. The zero-order chi connectivity index (χ0) is 13.3. The number of benzene rings is 1. The second-order valence-corrected chi connectivity index (χ2v) is 4.92. The maximum atomic E-state index is 11.9. The van der Waals surface area contributed by atoms with Gasteiger partial charge in [-0.25, -0.2) is 0 Å². The number of hydrogen-bond acceptors (Lipinski definition) is 4. The van der Waals surface area contributed by atoms with E-state index in [0.29, 0.717) is 0 Å². The van der Waals surface area contributed by atoms with E-state index in [1.807, 2.05) is 37.3 Å². The summed E-state index contributed by atoms with van der Waals surface area (Å²) in [5.41, 5.74) is 0.913. The molecule has 1 fully saturated rings. The van der Waals surface area contributed by atoms with Gasteiger partial charge in [-0.15, -0.1) is 0 Å². The van der Waals surface area contributed by atoms with Crippen molar-refractivity contribution in [2.75, 3.05) is 0 Å². The van der Waals surface area contributed by atoms with Crippen molar-refractivity contribution in [3.8, 4) is 0 Å². The van der Waals surface area contributed by atoms with Gasteiger partial charge in [0.1, 0.15) is 0 Å². The zero-order valence-corrected chi connectivity index (χ0v) is 10.7. The molecule has 0 aliphatic carbocycles.